The van der Waals surface area contributed by atoms with Crippen LogP contribution in [0.5, 0.6) is 0 Å². The quantitative estimate of drug-likeness (QED) is 0.301. The SMILES string of the molecule is CCN1CCN(c2ccccc2NC(=O)CSc2nnc(-c3ccccc3[N+](=O)[O-])o2)CC1. The number of hydrogen-bond donors (Lipinski definition) is 1. The highest BCUT2D eigenvalue weighted by Crippen LogP contribution is 2.31. The van der Waals surface area contributed by atoms with Crippen molar-refractivity contribution in [2.75, 3.05) is 48.7 Å². The average Bonchev–Trinajstić information content (AvgIpc) is 3.32. The maximum absolute atomic E-state index is 12.6. The topological polar surface area (TPSA) is 118 Å². The number of likely N-dealkylation sites (N-methyl/N-ethyl adjacent to an activating group) is 1. The molecule has 1 N–H and O–H groups in total. The van der Waals surface area contributed by atoms with Crippen LogP contribution in [-0.2, 0) is 4.79 Å². The van der Waals surface area contributed by atoms with Crippen molar-refractivity contribution in [2.24, 2.45) is 0 Å². The van der Waals surface area contributed by atoms with E-state index in [0.29, 0.717) is 0 Å². The third kappa shape index (κ3) is 5.49. The fourth-order valence-electron chi connectivity index (χ4n) is 3.66. The van der Waals surface area contributed by atoms with Gasteiger partial charge < -0.3 is 19.5 Å². The number of para-hydroxylation sites is 3. The second-order valence-corrected chi connectivity index (χ2v) is 8.35. The first-order valence-corrected chi connectivity index (χ1v) is 11.6. The molecule has 0 radical (unpaired) electrons. The lowest BCUT2D eigenvalue weighted by molar-refractivity contribution is -0.384. The van der Waals surface area contributed by atoms with E-state index in [4.69, 9.17) is 4.42 Å². The summed E-state index contributed by atoms with van der Waals surface area (Å²) in [5.41, 5.74) is 1.89. The van der Waals surface area contributed by atoms with Crippen LogP contribution in [0.2, 0.25) is 0 Å². The van der Waals surface area contributed by atoms with Gasteiger partial charge in [-0.25, -0.2) is 0 Å². The molecule has 1 aliphatic heterocycles. The van der Waals surface area contributed by atoms with Crippen molar-refractivity contribution in [1.82, 2.24) is 15.1 Å². The normalized spacial score (nSPS) is 14.3. The molecular formula is C22H24N6O4S. The van der Waals surface area contributed by atoms with Gasteiger partial charge in [-0.3, -0.25) is 14.9 Å². The first kappa shape index (κ1) is 22.7. The van der Waals surface area contributed by atoms with Gasteiger partial charge in [0.2, 0.25) is 5.91 Å². The number of carbonyl (C=O) groups excluding carboxylic acids is 1. The van der Waals surface area contributed by atoms with Crippen LogP contribution >= 0.6 is 11.8 Å². The number of thioether (sulfide) groups is 1. The molecule has 11 heteroatoms. The molecule has 1 aromatic heterocycles. The van der Waals surface area contributed by atoms with Crippen LogP contribution < -0.4 is 10.2 Å². The van der Waals surface area contributed by atoms with Crippen LogP contribution in [0.1, 0.15) is 6.92 Å². The van der Waals surface area contributed by atoms with E-state index in [2.05, 4.69) is 32.2 Å². The Labute approximate surface area is 195 Å². The first-order chi connectivity index (χ1) is 16.0. The van der Waals surface area contributed by atoms with Gasteiger partial charge in [-0.1, -0.05) is 43.0 Å². The van der Waals surface area contributed by atoms with E-state index in [-0.39, 0.29) is 34.0 Å². The van der Waals surface area contributed by atoms with Crippen molar-refractivity contribution in [3.63, 3.8) is 0 Å². The van der Waals surface area contributed by atoms with Gasteiger partial charge in [-0.05, 0) is 24.7 Å². The third-order valence-electron chi connectivity index (χ3n) is 5.40. The fraction of sp³-hybridized carbons (Fsp3) is 0.318. The summed E-state index contributed by atoms with van der Waals surface area (Å²) in [4.78, 5) is 28.0. The number of nitrogens with zero attached hydrogens (tertiary/aromatic N) is 5. The molecule has 1 aliphatic rings. The Morgan fingerprint density at radius 2 is 1.85 bits per heavy atom. The molecule has 172 valence electrons. The van der Waals surface area contributed by atoms with Crippen LogP contribution in [-0.4, -0.2) is 64.4 Å². The zero-order valence-corrected chi connectivity index (χ0v) is 19.0. The summed E-state index contributed by atoms with van der Waals surface area (Å²) in [5, 5.41) is 22.2. The lowest BCUT2D eigenvalue weighted by atomic mass is 10.2. The van der Waals surface area contributed by atoms with Gasteiger partial charge in [0.15, 0.2) is 0 Å². The summed E-state index contributed by atoms with van der Waals surface area (Å²) in [6.45, 7) is 7.01. The maximum Gasteiger partial charge on any atom is 0.282 e. The number of carbonyl (C=O) groups is 1. The first-order valence-electron chi connectivity index (χ1n) is 10.6. The van der Waals surface area contributed by atoms with E-state index in [9.17, 15) is 14.9 Å². The number of nitro benzene ring substituents is 1. The van der Waals surface area contributed by atoms with E-state index >= 15 is 0 Å². The molecule has 33 heavy (non-hydrogen) atoms. The molecule has 0 unspecified atom stereocenters. The predicted molar refractivity (Wildman–Crippen MR) is 127 cm³/mol. The van der Waals surface area contributed by atoms with Crippen LogP contribution in [0.3, 0.4) is 0 Å². The highest BCUT2D eigenvalue weighted by molar-refractivity contribution is 7.99. The molecule has 2 aromatic carbocycles. The standard InChI is InChI=1S/C22H24N6O4S/c1-2-26-11-13-27(14-12-26)19-10-6-4-8-17(19)23-20(29)15-33-22-25-24-21(32-22)16-7-3-5-9-18(16)28(30)31/h3-10H,2,11-15H2,1H3,(H,23,29). The van der Waals surface area contributed by atoms with Gasteiger partial charge in [0.25, 0.3) is 16.8 Å². The van der Waals surface area contributed by atoms with Gasteiger partial charge in [0, 0.05) is 32.2 Å². The summed E-state index contributed by atoms with van der Waals surface area (Å²) in [6, 6.07) is 13.9. The molecule has 10 nitrogen and oxygen atoms in total. The molecule has 4 rings (SSSR count). The molecule has 1 amide bonds. The summed E-state index contributed by atoms with van der Waals surface area (Å²) in [6.07, 6.45) is 0. The molecule has 0 atom stereocenters. The highest BCUT2D eigenvalue weighted by atomic mass is 32.2. The number of nitro groups is 1. The molecule has 1 fully saturated rings. The molecule has 1 saturated heterocycles. The fourth-order valence-corrected chi connectivity index (χ4v) is 4.23. The van der Waals surface area contributed by atoms with Crippen LogP contribution in [0.4, 0.5) is 17.1 Å². The minimum absolute atomic E-state index is 0.0433. The minimum atomic E-state index is -0.501. The van der Waals surface area contributed by atoms with Crippen LogP contribution in [0, 0.1) is 10.1 Å². The van der Waals surface area contributed by atoms with Crippen molar-refractivity contribution in [3.8, 4) is 11.5 Å². The summed E-state index contributed by atoms with van der Waals surface area (Å²) in [7, 11) is 0. The van der Waals surface area contributed by atoms with Gasteiger partial charge >= 0.3 is 0 Å². The number of rotatable bonds is 8. The number of benzene rings is 2. The zero-order chi connectivity index (χ0) is 23.2. The van der Waals surface area contributed by atoms with Gasteiger partial charge in [-0.2, -0.15) is 0 Å². The number of amides is 1. The molecule has 0 spiro atoms. The van der Waals surface area contributed by atoms with Crippen molar-refractivity contribution < 1.29 is 14.1 Å². The summed E-state index contributed by atoms with van der Waals surface area (Å²) < 4.78 is 5.54. The van der Waals surface area contributed by atoms with Gasteiger partial charge in [0.1, 0.15) is 5.56 Å². The maximum atomic E-state index is 12.6. The van der Waals surface area contributed by atoms with E-state index in [1.165, 1.54) is 6.07 Å². The van der Waals surface area contributed by atoms with Crippen LogP contribution in [0.15, 0.2) is 58.2 Å². The highest BCUT2D eigenvalue weighted by Gasteiger charge is 2.21. The zero-order valence-electron chi connectivity index (χ0n) is 18.1. The van der Waals surface area contributed by atoms with Gasteiger partial charge in [0.05, 0.1) is 22.1 Å². The molecule has 2 heterocycles. The number of hydrogen-bond acceptors (Lipinski definition) is 9. The molecule has 3 aromatic rings. The number of aromatic nitrogens is 2. The number of anilines is 2. The van der Waals surface area contributed by atoms with Crippen molar-refractivity contribution in [1.29, 1.82) is 0 Å². The van der Waals surface area contributed by atoms with Crippen molar-refractivity contribution >= 4 is 34.7 Å². The second-order valence-electron chi connectivity index (χ2n) is 7.42. The Bertz CT molecular complexity index is 1130. The third-order valence-corrected chi connectivity index (χ3v) is 6.22. The van der Waals surface area contributed by atoms with E-state index in [0.717, 1.165) is 55.9 Å². The average molecular weight is 469 g/mol. The van der Waals surface area contributed by atoms with Gasteiger partial charge in [-0.15, -0.1) is 10.2 Å². The second kappa shape index (κ2) is 10.5. The largest absolute Gasteiger partial charge is 0.411 e. The minimum Gasteiger partial charge on any atom is -0.411 e. The van der Waals surface area contributed by atoms with Crippen molar-refractivity contribution in [2.45, 2.75) is 12.1 Å². The monoisotopic (exact) mass is 468 g/mol. The van der Waals surface area contributed by atoms with E-state index in [1.807, 2.05) is 24.3 Å². The number of nitrogens with one attached hydrogen (secondary N) is 1. The Morgan fingerprint density at radius 1 is 1.12 bits per heavy atom. The molecule has 0 saturated carbocycles. The predicted octanol–water partition coefficient (Wildman–Crippen LogP) is 3.52. The summed E-state index contributed by atoms with van der Waals surface area (Å²) in [5.74, 6) is -0.0944. The van der Waals surface area contributed by atoms with E-state index < -0.39 is 4.92 Å². The lowest BCUT2D eigenvalue weighted by Crippen LogP contribution is -2.46. The molecular weight excluding hydrogens is 444 g/mol. The summed E-state index contributed by atoms with van der Waals surface area (Å²) >= 11 is 1.08. The smallest absolute Gasteiger partial charge is 0.282 e. The Morgan fingerprint density at radius 3 is 2.61 bits per heavy atom. The number of piperazine rings is 1. The van der Waals surface area contributed by atoms with E-state index in [1.54, 1.807) is 18.2 Å². The lowest BCUT2D eigenvalue weighted by Gasteiger charge is -2.36. The Kier molecular flexibility index (Phi) is 7.20. The Hall–Kier alpha value is -3.44. The molecule has 0 bridgehead atoms. The Balaban J connectivity index is 1.37. The molecule has 0 aliphatic carbocycles. The van der Waals surface area contributed by atoms with Crippen molar-refractivity contribution in [3.05, 3.63) is 58.6 Å². The van der Waals surface area contributed by atoms with Crippen LogP contribution in [0.25, 0.3) is 11.5 Å².